The molecule has 1 heterocycles. The Balaban J connectivity index is 1.63. The van der Waals surface area contributed by atoms with E-state index >= 15 is 0 Å². The molecule has 3 aliphatic carbocycles. The maximum atomic E-state index is 13.8. The lowest BCUT2D eigenvalue weighted by Gasteiger charge is -2.53. The summed E-state index contributed by atoms with van der Waals surface area (Å²) in [6.45, 7) is -0.234. The third kappa shape index (κ3) is 1.96. The molecule has 3 aromatic carbocycles. The highest BCUT2D eigenvalue weighted by molar-refractivity contribution is 6.31. The van der Waals surface area contributed by atoms with Gasteiger partial charge >= 0.3 is 0 Å². The van der Waals surface area contributed by atoms with Crippen LogP contribution >= 0.6 is 11.6 Å². The number of hydrogen-bond acceptors (Lipinski definition) is 3. The first kappa shape index (κ1) is 17.9. The number of hydrogen-bond donors (Lipinski definition) is 1. The molecule has 0 aromatic heterocycles. The number of imide groups is 1. The average Bonchev–Trinajstić information content (AvgIpc) is 3.05. The van der Waals surface area contributed by atoms with Gasteiger partial charge in [0.1, 0.15) is 0 Å². The molecular formula is C25H18ClNO3. The van der Waals surface area contributed by atoms with Gasteiger partial charge in [-0.3, -0.25) is 9.59 Å². The molecule has 5 heteroatoms. The molecule has 4 aliphatic rings. The van der Waals surface area contributed by atoms with E-state index in [1.165, 1.54) is 4.90 Å². The highest BCUT2D eigenvalue weighted by atomic mass is 35.5. The van der Waals surface area contributed by atoms with Gasteiger partial charge in [-0.15, -0.1) is 0 Å². The van der Waals surface area contributed by atoms with Crippen LogP contribution < -0.4 is 4.90 Å². The van der Waals surface area contributed by atoms with Gasteiger partial charge in [-0.1, -0.05) is 60.1 Å². The van der Waals surface area contributed by atoms with E-state index in [1.54, 1.807) is 24.3 Å². The summed E-state index contributed by atoms with van der Waals surface area (Å²) in [6, 6.07) is 22.6. The summed E-state index contributed by atoms with van der Waals surface area (Å²) in [7, 11) is 0. The monoisotopic (exact) mass is 415 g/mol. The Morgan fingerprint density at radius 1 is 0.833 bits per heavy atom. The predicted octanol–water partition coefficient (Wildman–Crippen LogP) is 3.88. The molecule has 2 bridgehead atoms. The van der Waals surface area contributed by atoms with Gasteiger partial charge in [-0.05, 0) is 46.5 Å². The normalized spacial score (nSPS) is 28.3. The number of aliphatic hydroxyl groups is 1. The van der Waals surface area contributed by atoms with Crippen LogP contribution in [0.15, 0.2) is 72.8 Å². The molecule has 1 N–H and O–H groups in total. The largest absolute Gasteiger partial charge is 0.395 e. The Morgan fingerprint density at radius 3 is 1.97 bits per heavy atom. The zero-order valence-electron chi connectivity index (χ0n) is 16.0. The van der Waals surface area contributed by atoms with Crippen LogP contribution in [0.1, 0.15) is 28.2 Å². The molecule has 148 valence electrons. The van der Waals surface area contributed by atoms with Crippen LogP contribution in [0.25, 0.3) is 0 Å². The number of amides is 2. The van der Waals surface area contributed by atoms with Crippen molar-refractivity contribution in [2.24, 2.45) is 11.8 Å². The van der Waals surface area contributed by atoms with E-state index in [-0.39, 0.29) is 24.3 Å². The van der Waals surface area contributed by atoms with Crippen molar-refractivity contribution in [3.05, 3.63) is 100 Å². The van der Waals surface area contributed by atoms with Gasteiger partial charge < -0.3 is 5.11 Å². The van der Waals surface area contributed by atoms with Crippen LogP contribution in [0.3, 0.4) is 0 Å². The molecule has 2 amide bonds. The number of aliphatic hydroxyl groups excluding tert-OH is 1. The van der Waals surface area contributed by atoms with Crippen LogP contribution in [0.4, 0.5) is 5.69 Å². The van der Waals surface area contributed by atoms with E-state index < -0.39 is 17.3 Å². The molecule has 1 fully saturated rings. The van der Waals surface area contributed by atoms with Gasteiger partial charge in [0.05, 0.1) is 29.5 Å². The van der Waals surface area contributed by atoms with Gasteiger partial charge in [0.25, 0.3) is 0 Å². The Hall–Kier alpha value is -2.95. The summed E-state index contributed by atoms with van der Waals surface area (Å²) in [5.41, 5.74) is 3.56. The lowest BCUT2D eigenvalue weighted by molar-refractivity contribution is -0.124. The molecule has 0 unspecified atom stereocenters. The van der Waals surface area contributed by atoms with Crippen molar-refractivity contribution in [1.29, 1.82) is 0 Å². The smallest absolute Gasteiger partial charge is 0.239 e. The highest BCUT2D eigenvalue weighted by Crippen LogP contribution is 2.64. The topological polar surface area (TPSA) is 57.6 Å². The van der Waals surface area contributed by atoms with Gasteiger partial charge in [-0.25, -0.2) is 4.90 Å². The zero-order chi connectivity index (χ0) is 20.6. The minimum Gasteiger partial charge on any atom is -0.395 e. The SMILES string of the molecule is O=C1[C@@H]2[C@@H](C(=O)N1c1ccc(Cl)cc1)C1c3ccccc3C2(CO)c2ccccc21. The lowest BCUT2D eigenvalue weighted by atomic mass is 9.47. The first-order chi connectivity index (χ1) is 14.6. The van der Waals surface area contributed by atoms with E-state index in [2.05, 4.69) is 0 Å². The van der Waals surface area contributed by atoms with E-state index in [4.69, 9.17) is 11.6 Å². The fraction of sp³-hybridized carbons (Fsp3) is 0.200. The predicted molar refractivity (Wildman–Crippen MR) is 114 cm³/mol. The van der Waals surface area contributed by atoms with Crippen molar-refractivity contribution in [3.8, 4) is 0 Å². The van der Waals surface area contributed by atoms with Gasteiger partial charge in [0.2, 0.25) is 11.8 Å². The second-order valence-corrected chi connectivity index (χ2v) is 8.71. The van der Waals surface area contributed by atoms with Crippen LogP contribution in [0.5, 0.6) is 0 Å². The summed E-state index contributed by atoms with van der Waals surface area (Å²) in [6.07, 6.45) is 0. The van der Waals surface area contributed by atoms with Crippen molar-refractivity contribution in [2.45, 2.75) is 11.3 Å². The summed E-state index contributed by atoms with van der Waals surface area (Å²) >= 11 is 6.01. The molecule has 1 saturated heterocycles. The maximum absolute atomic E-state index is 13.8. The summed E-state index contributed by atoms with van der Waals surface area (Å²) in [4.78, 5) is 28.8. The first-order valence-electron chi connectivity index (χ1n) is 10.0. The van der Waals surface area contributed by atoms with Gasteiger partial charge in [0.15, 0.2) is 0 Å². The van der Waals surface area contributed by atoms with Crippen molar-refractivity contribution < 1.29 is 14.7 Å². The molecule has 1 aliphatic heterocycles. The minimum absolute atomic E-state index is 0.204. The van der Waals surface area contributed by atoms with E-state index in [1.807, 2.05) is 48.5 Å². The first-order valence-corrected chi connectivity index (χ1v) is 10.4. The molecule has 30 heavy (non-hydrogen) atoms. The van der Waals surface area contributed by atoms with Crippen LogP contribution in [0, 0.1) is 11.8 Å². The molecule has 4 nitrogen and oxygen atoms in total. The molecule has 0 radical (unpaired) electrons. The van der Waals surface area contributed by atoms with Crippen molar-refractivity contribution in [3.63, 3.8) is 0 Å². The Morgan fingerprint density at radius 2 is 1.40 bits per heavy atom. The molecule has 2 atom stereocenters. The quantitative estimate of drug-likeness (QED) is 0.646. The Bertz CT molecular complexity index is 1170. The molecule has 0 spiro atoms. The summed E-state index contributed by atoms with van der Waals surface area (Å²) in [5, 5.41) is 11.3. The van der Waals surface area contributed by atoms with Gasteiger partial charge in [-0.2, -0.15) is 0 Å². The highest BCUT2D eigenvalue weighted by Gasteiger charge is 2.68. The second kappa shape index (κ2) is 6.03. The Kier molecular flexibility index (Phi) is 3.59. The van der Waals surface area contributed by atoms with Crippen molar-refractivity contribution in [1.82, 2.24) is 0 Å². The number of benzene rings is 3. The lowest BCUT2D eigenvalue weighted by Crippen LogP contribution is -2.55. The average molecular weight is 416 g/mol. The van der Waals surface area contributed by atoms with Crippen molar-refractivity contribution >= 4 is 29.1 Å². The summed E-state index contributed by atoms with van der Waals surface area (Å²) < 4.78 is 0. The molecule has 0 saturated carbocycles. The molecule has 3 aromatic rings. The maximum Gasteiger partial charge on any atom is 0.239 e. The number of nitrogens with zero attached hydrogens (tertiary/aromatic N) is 1. The van der Waals surface area contributed by atoms with Crippen LogP contribution in [0.2, 0.25) is 5.02 Å². The molecule has 7 rings (SSSR count). The fourth-order valence-corrected chi connectivity index (χ4v) is 6.17. The summed E-state index contributed by atoms with van der Waals surface area (Å²) in [5.74, 6) is -1.84. The number of rotatable bonds is 2. The van der Waals surface area contributed by atoms with E-state index in [9.17, 15) is 14.7 Å². The number of halogens is 1. The number of anilines is 1. The third-order valence-corrected chi connectivity index (χ3v) is 7.38. The minimum atomic E-state index is -0.930. The fourth-order valence-electron chi connectivity index (χ4n) is 6.04. The second-order valence-electron chi connectivity index (χ2n) is 8.27. The number of carbonyl (C=O) groups excluding carboxylic acids is 2. The van der Waals surface area contributed by atoms with Gasteiger partial charge in [0, 0.05) is 10.9 Å². The van der Waals surface area contributed by atoms with Crippen molar-refractivity contribution in [2.75, 3.05) is 11.5 Å². The van der Waals surface area contributed by atoms with E-state index in [0.29, 0.717) is 10.7 Å². The van der Waals surface area contributed by atoms with Crippen LogP contribution in [-0.2, 0) is 15.0 Å². The van der Waals surface area contributed by atoms with Crippen LogP contribution in [-0.4, -0.2) is 23.5 Å². The van der Waals surface area contributed by atoms with E-state index in [0.717, 1.165) is 22.3 Å². The number of carbonyl (C=O) groups is 2. The zero-order valence-corrected chi connectivity index (χ0v) is 16.7. The third-order valence-electron chi connectivity index (χ3n) is 7.13. The standard InChI is InChI=1S/C25H18ClNO3/c26-14-9-11-15(12-10-14)27-23(29)21-20-16-5-1-3-7-18(16)25(13-28,22(21)24(27)30)19-8-4-2-6-17(19)20/h1-12,20-22,28H,13H2/t20?,21-,22-,25?/m0/s1. The Labute approximate surface area is 178 Å². The molecular weight excluding hydrogens is 398 g/mol.